The van der Waals surface area contributed by atoms with Crippen LogP contribution >= 0.6 is 0 Å². The summed E-state index contributed by atoms with van der Waals surface area (Å²) in [5.41, 5.74) is 0. The van der Waals surface area contributed by atoms with Crippen LogP contribution in [0.4, 0.5) is 0 Å². The molecule has 0 N–H and O–H groups in total. The van der Waals surface area contributed by atoms with E-state index >= 15 is 0 Å². The fourth-order valence-corrected chi connectivity index (χ4v) is 0. The van der Waals surface area contributed by atoms with Crippen molar-refractivity contribution in [1.29, 1.82) is 0 Å². The predicted octanol–water partition coefficient (Wildman–Crippen LogP) is -3.16. The first-order chi connectivity index (χ1) is 1.00. The molecule has 5 heteroatoms. The Labute approximate surface area is 81.5 Å². The molecular formula is H3CoLiMgNiO. The molecule has 31 valence electrons. The molecule has 0 saturated carbocycles. The van der Waals surface area contributed by atoms with Gasteiger partial charge in [-0.15, -0.1) is 0 Å². The average Bonchev–Trinajstić information content (AvgIpc) is 1.00. The zero-order valence-electron chi connectivity index (χ0n) is 5.76. The SMILES string of the molecule is [H-].[H-].[H-].[Li+].[Mg+2].[Ni].[O]=[Co]. The quantitative estimate of drug-likeness (QED) is 0.349. The molecule has 0 heterocycles. The Hall–Kier alpha value is 2.16. The predicted molar refractivity (Wildman–Crippen MR) is 9.78 cm³/mol. The molecule has 0 saturated heterocycles. The molecule has 1 nitrogen and oxygen atoms in total. The number of rotatable bonds is 0. The van der Waals surface area contributed by atoms with Gasteiger partial charge in [-0.05, 0) is 0 Å². The molecular weight excluding hydrogens is 165 g/mol. The van der Waals surface area contributed by atoms with Gasteiger partial charge in [-0.1, -0.05) is 0 Å². The Morgan fingerprint density at radius 3 is 1.40 bits per heavy atom. The fraction of sp³-hybridized carbons (Fsp3) is 0. The van der Waals surface area contributed by atoms with Gasteiger partial charge in [0.15, 0.2) is 0 Å². The summed E-state index contributed by atoms with van der Waals surface area (Å²) in [6.07, 6.45) is 0. The normalized spacial score (nSPS) is 1.00. The van der Waals surface area contributed by atoms with Crippen LogP contribution in [0.1, 0.15) is 4.28 Å². The van der Waals surface area contributed by atoms with Crippen LogP contribution in [0.25, 0.3) is 0 Å². The van der Waals surface area contributed by atoms with Crippen molar-refractivity contribution in [3.8, 4) is 0 Å². The summed E-state index contributed by atoms with van der Waals surface area (Å²) < 4.78 is 7.94. The van der Waals surface area contributed by atoms with E-state index in [-0.39, 0.29) is 62.7 Å². The zero-order chi connectivity index (χ0) is 2.00. The van der Waals surface area contributed by atoms with Crippen LogP contribution < -0.4 is 18.9 Å². The Bertz CT molecular complexity index is 19.2. The van der Waals surface area contributed by atoms with E-state index in [1.165, 1.54) is 0 Å². The van der Waals surface area contributed by atoms with Crippen LogP contribution in [0.15, 0.2) is 0 Å². The molecule has 0 bridgehead atoms. The monoisotopic (exact) mass is 167 g/mol. The van der Waals surface area contributed by atoms with Crippen LogP contribution in [0, 0.1) is 0 Å². The average molecular weight is 168 g/mol. The molecule has 0 aromatic heterocycles. The van der Waals surface area contributed by atoms with Crippen molar-refractivity contribution >= 4 is 23.1 Å². The van der Waals surface area contributed by atoms with E-state index in [1.54, 1.807) is 0 Å². The molecule has 0 aliphatic rings. The van der Waals surface area contributed by atoms with E-state index < -0.39 is 0 Å². The van der Waals surface area contributed by atoms with Gasteiger partial charge < -0.3 is 4.28 Å². The Morgan fingerprint density at radius 2 is 1.40 bits per heavy atom. The van der Waals surface area contributed by atoms with Gasteiger partial charge >= 0.3 is 61.4 Å². The van der Waals surface area contributed by atoms with Crippen LogP contribution in [-0.2, 0) is 36.0 Å². The fourth-order valence-electron chi connectivity index (χ4n) is 0. The van der Waals surface area contributed by atoms with Gasteiger partial charge in [0.1, 0.15) is 0 Å². The summed E-state index contributed by atoms with van der Waals surface area (Å²) in [6, 6.07) is 0. The minimum absolute atomic E-state index is 0. The van der Waals surface area contributed by atoms with Gasteiger partial charge in [-0.2, -0.15) is 0 Å². The number of hydrogen-bond acceptors (Lipinski definition) is 1. The van der Waals surface area contributed by atoms with Gasteiger partial charge in [0, 0.05) is 16.5 Å². The van der Waals surface area contributed by atoms with Gasteiger partial charge in [-0.3, -0.25) is 0 Å². The van der Waals surface area contributed by atoms with Crippen molar-refractivity contribution in [2.24, 2.45) is 0 Å². The summed E-state index contributed by atoms with van der Waals surface area (Å²) in [5.74, 6) is 0. The second kappa shape index (κ2) is 35.1. The molecule has 0 unspecified atom stereocenters. The topological polar surface area (TPSA) is 17.1 Å². The molecule has 0 aliphatic carbocycles. The van der Waals surface area contributed by atoms with Crippen molar-refractivity contribution in [1.82, 2.24) is 0 Å². The van der Waals surface area contributed by atoms with Gasteiger partial charge in [0.05, 0.1) is 0 Å². The molecule has 0 aromatic carbocycles. The molecule has 0 aromatic rings. The molecule has 5 heavy (non-hydrogen) atoms. The van der Waals surface area contributed by atoms with Crippen LogP contribution in [0.5, 0.6) is 0 Å². The molecule has 0 radical (unpaired) electrons. The zero-order valence-corrected chi connectivity index (χ0v) is 6.21. The number of hydrogen-bond donors (Lipinski definition) is 0. The maximum absolute atomic E-state index is 7.94. The van der Waals surface area contributed by atoms with Crippen molar-refractivity contribution in [3.63, 3.8) is 0 Å². The van der Waals surface area contributed by atoms with Crippen molar-refractivity contribution in [2.45, 2.75) is 0 Å². The third kappa shape index (κ3) is 22.8. The van der Waals surface area contributed by atoms with E-state index in [0.717, 1.165) is 0 Å². The van der Waals surface area contributed by atoms with E-state index in [4.69, 9.17) is 3.87 Å². The van der Waals surface area contributed by atoms with Crippen molar-refractivity contribution in [3.05, 3.63) is 0 Å². The molecule has 0 amide bonds. The van der Waals surface area contributed by atoms with Crippen LogP contribution in [0.3, 0.4) is 0 Å². The van der Waals surface area contributed by atoms with E-state index in [9.17, 15) is 0 Å². The van der Waals surface area contributed by atoms with Gasteiger partial charge in [0.2, 0.25) is 0 Å². The van der Waals surface area contributed by atoms with Crippen LogP contribution in [0.2, 0.25) is 0 Å². The molecule has 0 rings (SSSR count). The molecule has 0 fully saturated rings. The minimum atomic E-state index is 0. The van der Waals surface area contributed by atoms with E-state index in [1.807, 2.05) is 0 Å². The third-order valence-corrected chi connectivity index (χ3v) is 0. The Balaban J connectivity index is -0.000000000333. The second-order valence-electron chi connectivity index (χ2n) is 0. The molecule has 0 spiro atoms. The standard InChI is InChI=1S/Co.Li.Mg.Ni.O.3H/q;+1;+2;;;3*-1. The van der Waals surface area contributed by atoms with Gasteiger partial charge in [0.25, 0.3) is 0 Å². The Kier molecular flexibility index (Phi) is 191. The first-order valence-electron chi connectivity index (χ1n) is 0.136. The third-order valence-electron chi connectivity index (χ3n) is 0. The summed E-state index contributed by atoms with van der Waals surface area (Å²) in [5, 5.41) is 0. The summed E-state index contributed by atoms with van der Waals surface area (Å²) >= 11 is 2.31. The summed E-state index contributed by atoms with van der Waals surface area (Å²) in [4.78, 5) is 0. The summed E-state index contributed by atoms with van der Waals surface area (Å²) in [7, 11) is 0. The molecule has 0 aliphatic heterocycles. The van der Waals surface area contributed by atoms with Crippen molar-refractivity contribution in [2.75, 3.05) is 0 Å². The van der Waals surface area contributed by atoms with E-state index in [2.05, 4.69) is 15.7 Å². The van der Waals surface area contributed by atoms with Crippen LogP contribution in [-0.4, -0.2) is 23.1 Å². The maximum atomic E-state index is 7.94. The Morgan fingerprint density at radius 1 is 1.40 bits per heavy atom. The molecule has 0 atom stereocenters. The van der Waals surface area contributed by atoms with Crippen molar-refractivity contribution < 1.29 is 59.2 Å². The first-order valence-corrected chi connectivity index (χ1v) is 0.561. The summed E-state index contributed by atoms with van der Waals surface area (Å²) in [6.45, 7) is 0. The van der Waals surface area contributed by atoms with E-state index in [0.29, 0.717) is 0 Å². The van der Waals surface area contributed by atoms with Gasteiger partial charge in [-0.25, -0.2) is 0 Å². The first kappa shape index (κ1) is 27.2. The second-order valence-corrected chi connectivity index (χ2v) is 0.